The lowest BCUT2D eigenvalue weighted by Gasteiger charge is -2.56. The van der Waals surface area contributed by atoms with Crippen LogP contribution in [-0.2, 0) is 4.74 Å². The third-order valence-electron chi connectivity index (χ3n) is 14.9. The van der Waals surface area contributed by atoms with Crippen molar-refractivity contribution in [3.63, 3.8) is 0 Å². The second-order valence-electron chi connectivity index (χ2n) is 18.3. The standard InChI is InChI=1S/C21H38N2O.C18H33N.C2H6/c1-4-22-9-7-21(8-10-22)15-19(16-24-21)23-11-5-20(6-12-23)13-18(14-20)17(2)3;1-13(2)15-9-17(10-15)19-7-5-18(6-8-19)11-16(12-18)14(3)4;1-2/h17-19H,4-16H2,1-3H3;13-17H,5-12H2,1-4H3;1-2H3. The summed E-state index contributed by atoms with van der Waals surface area (Å²) in [6, 6.07) is 1.65. The molecular weight excluding hydrogens is 550 g/mol. The van der Waals surface area contributed by atoms with Crippen molar-refractivity contribution < 1.29 is 4.74 Å². The molecule has 1 unspecified atom stereocenters. The molecule has 4 heterocycles. The van der Waals surface area contributed by atoms with Crippen LogP contribution in [0.1, 0.15) is 146 Å². The van der Waals surface area contributed by atoms with Gasteiger partial charge in [0.25, 0.3) is 0 Å². The van der Waals surface area contributed by atoms with Crippen LogP contribution in [0, 0.1) is 46.3 Å². The van der Waals surface area contributed by atoms with E-state index < -0.39 is 0 Å². The number of hydrogen-bond acceptors (Lipinski definition) is 4. The van der Waals surface area contributed by atoms with Crippen LogP contribution in [0.5, 0.6) is 0 Å². The fourth-order valence-corrected chi connectivity index (χ4v) is 10.7. The molecule has 0 aromatic rings. The molecule has 0 amide bonds. The maximum absolute atomic E-state index is 6.41. The maximum Gasteiger partial charge on any atom is 0.0723 e. The van der Waals surface area contributed by atoms with E-state index in [4.69, 9.17) is 4.74 Å². The lowest BCUT2D eigenvalue weighted by atomic mass is 9.55. The average molecular weight is 628 g/mol. The van der Waals surface area contributed by atoms with Gasteiger partial charge in [-0.1, -0.05) is 62.3 Å². The number of hydrogen-bond donors (Lipinski definition) is 0. The Kier molecular flexibility index (Phi) is 12.2. The van der Waals surface area contributed by atoms with Crippen LogP contribution in [0.15, 0.2) is 0 Å². The molecule has 262 valence electrons. The first-order chi connectivity index (χ1) is 21.5. The first kappa shape index (κ1) is 36.1. The smallest absolute Gasteiger partial charge is 0.0723 e. The normalized spacial score (nSPS) is 33.5. The number of rotatable bonds is 6. The Hall–Kier alpha value is -0.160. The van der Waals surface area contributed by atoms with Crippen LogP contribution in [0.25, 0.3) is 0 Å². The van der Waals surface area contributed by atoms with Gasteiger partial charge in [0.2, 0.25) is 0 Å². The van der Waals surface area contributed by atoms with Gasteiger partial charge in [-0.25, -0.2) is 0 Å². The monoisotopic (exact) mass is 628 g/mol. The molecule has 7 aliphatic rings. The van der Waals surface area contributed by atoms with E-state index in [9.17, 15) is 0 Å². The summed E-state index contributed by atoms with van der Waals surface area (Å²) in [7, 11) is 0. The number of nitrogens with zero attached hydrogens (tertiary/aromatic N) is 3. The van der Waals surface area contributed by atoms with Crippen molar-refractivity contribution in [3.8, 4) is 0 Å². The number of piperidine rings is 3. The summed E-state index contributed by atoms with van der Waals surface area (Å²) >= 11 is 0. The van der Waals surface area contributed by atoms with Crippen molar-refractivity contribution in [2.75, 3.05) is 52.4 Å². The van der Waals surface area contributed by atoms with Crippen LogP contribution in [0.4, 0.5) is 0 Å². The Morgan fingerprint density at radius 1 is 0.556 bits per heavy atom. The molecule has 1 atom stereocenters. The third-order valence-corrected chi connectivity index (χ3v) is 14.9. The summed E-state index contributed by atoms with van der Waals surface area (Å²) < 4.78 is 6.41. The first-order valence-corrected chi connectivity index (χ1v) is 20.4. The summed E-state index contributed by atoms with van der Waals surface area (Å²) in [5.74, 6) is 5.80. The Morgan fingerprint density at radius 3 is 1.38 bits per heavy atom. The number of ether oxygens (including phenoxy) is 1. The minimum atomic E-state index is 0.227. The van der Waals surface area contributed by atoms with E-state index in [1.54, 1.807) is 0 Å². The molecule has 3 saturated carbocycles. The molecule has 4 saturated heterocycles. The molecule has 4 heteroatoms. The second kappa shape index (κ2) is 15.2. The maximum atomic E-state index is 6.41. The van der Waals surface area contributed by atoms with E-state index in [1.807, 2.05) is 13.8 Å². The summed E-state index contributed by atoms with van der Waals surface area (Å²) in [6.07, 6.45) is 18.8. The van der Waals surface area contributed by atoms with E-state index in [0.29, 0.717) is 6.04 Å². The zero-order valence-corrected chi connectivity index (χ0v) is 31.7. The van der Waals surface area contributed by atoms with Crippen molar-refractivity contribution in [2.24, 2.45) is 46.3 Å². The predicted octanol–water partition coefficient (Wildman–Crippen LogP) is 9.37. The highest BCUT2D eigenvalue weighted by molar-refractivity contribution is 5.02. The molecule has 0 N–H and O–H groups in total. The molecular formula is C41H77N3O. The zero-order valence-electron chi connectivity index (χ0n) is 31.7. The van der Waals surface area contributed by atoms with Crippen LogP contribution in [0.2, 0.25) is 0 Å². The van der Waals surface area contributed by atoms with Crippen LogP contribution in [-0.4, -0.2) is 84.8 Å². The molecule has 0 radical (unpaired) electrons. The van der Waals surface area contributed by atoms with E-state index >= 15 is 0 Å². The lowest BCUT2D eigenvalue weighted by Crippen LogP contribution is -2.54. The van der Waals surface area contributed by atoms with Gasteiger partial charge in [0, 0.05) is 25.2 Å². The molecule has 3 spiro atoms. The highest BCUT2D eigenvalue weighted by atomic mass is 16.5. The molecule has 0 aromatic carbocycles. The second-order valence-corrected chi connectivity index (χ2v) is 18.3. The minimum Gasteiger partial charge on any atom is -0.373 e. The molecule has 4 nitrogen and oxygen atoms in total. The first-order valence-electron chi connectivity index (χ1n) is 20.4. The fraction of sp³-hybridized carbons (Fsp3) is 1.00. The van der Waals surface area contributed by atoms with E-state index in [2.05, 4.69) is 63.2 Å². The van der Waals surface area contributed by atoms with Crippen LogP contribution < -0.4 is 0 Å². The van der Waals surface area contributed by atoms with Gasteiger partial charge in [0.05, 0.1) is 12.2 Å². The van der Waals surface area contributed by atoms with Gasteiger partial charge in [-0.2, -0.15) is 0 Å². The molecule has 4 aliphatic heterocycles. The Labute approximate surface area is 281 Å². The van der Waals surface area contributed by atoms with Gasteiger partial charge >= 0.3 is 0 Å². The van der Waals surface area contributed by atoms with Crippen molar-refractivity contribution in [1.82, 2.24) is 14.7 Å². The SMILES string of the molecule is CC.CC(C)C1CC(N2CCC3(CC2)CC(C(C)C)C3)C1.CCN1CCC2(CC1)CC(N1CCC3(CC1)CC(C(C)C)C3)CO2. The Balaban J connectivity index is 0.000000173. The zero-order chi connectivity index (χ0) is 32.4. The highest BCUT2D eigenvalue weighted by Gasteiger charge is 2.50. The van der Waals surface area contributed by atoms with Gasteiger partial charge in [0.1, 0.15) is 0 Å². The van der Waals surface area contributed by atoms with Gasteiger partial charge < -0.3 is 14.5 Å². The summed E-state index contributed by atoms with van der Waals surface area (Å²) in [5, 5.41) is 0. The average Bonchev–Trinajstić information content (AvgIpc) is 3.39. The van der Waals surface area contributed by atoms with E-state index in [1.165, 1.54) is 129 Å². The van der Waals surface area contributed by atoms with E-state index in [0.717, 1.165) is 59.0 Å². The Bertz CT molecular complexity index is 868. The number of likely N-dealkylation sites (tertiary alicyclic amines) is 3. The minimum absolute atomic E-state index is 0.227. The van der Waals surface area contributed by atoms with Crippen LogP contribution >= 0.6 is 0 Å². The molecule has 3 aliphatic carbocycles. The fourth-order valence-electron chi connectivity index (χ4n) is 10.7. The topological polar surface area (TPSA) is 19.0 Å². The molecule has 0 aromatic heterocycles. The highest BCUT2D eigenvalue weighted by Crippen LogP contribution is 2.56. The summed E-state index contributed by atoms with van der Waals surface area (Å²) in [6.45, 7) is 30.8. The summed E-state index contributed by atoms with van der Waals surface area (Å²) in [4.78, 5) is 8.19. The van der Waals surface area contributed by atoms with Gasteiger partial charge in [-0.15, -0.1) is 0 Å². The molecule has 7 rings (SSSR count). The molecule has 7 fully saturated rings. The quantitative estimate of drug-likeness (QED) is 0.292. The Morgan fingerprint density at radius 2 is 0.978 bits per heavy atom. The third kappa shape index (κ3) is 8.18. The van der Waals surface area contributed by atoms with Gasteiger partial charge in [-0.05, 0) is 163 Å². The van der Waals surface area contributed by atoms with Gasteiger partial charge in [0.15, 0.2) is 0 Å². The lowest BCUT2D eigenvalue weighted by molar-refractivity contribution is -0.0577. The molecule has 45 heavy (non-hydrogen) atoms. The van der Waals surface area contributed by atoms with Gasteiger partial charge in [-0.3, -0.25) is 4.90 Å². The van der Waals surface area contributed by atoms with Crippen molar-refractivity contribution >= 4 is 0 Å². The van der Waals surface area contributed by atoms with Crippen molar-refractivity contribution in [3.05, 3.63) is 0 Å². The van der Waals surface area contributed by atoms with E-state index in [-0.39, 0.29) is 5.60 Å². The summed E-state index contributed by atoms with van der Waals surface area (Å²) in [5.41, 5.74) is 1.74. The largest absolute Gasteiger partial charge is 0.373 e. The predicted molar refractivity (Wildman–Crippen MR) is 193 cm³/mol. The van der Waals surface area contributed by atoms with Crippen molar-refractivity contribution in [2.45, 2.75) is 163 Å². The van der Waals surface area contributed by atoms with Crippen LogP contribution in [0.3, 0.4) is 0 Å². The van der Waals surface area contributed by atoms with Crippen molar-refractivity contribution in [1.29, 1.82) is 0 Å². The molecule has 0 bridgehead atoms.